The minimum Gasteiger partial charge on any atom is -0.326 e. The predicted molar refractivity (Wildman–Crippen MR) is 81.2 cm³/mol. The minimum atomic E-state index is -2.89. The Labute approximate surface area is 118 Å². The first-order chi connectivity index (χ1) is 8.48. The van der Waals surface area contributed by atoms with E-state index in [-0.39, 0.29) is 5.75 Å². The molecule has 0 aliphatic heterocycles. The van der Waals surface area contributed by atoms with Gasteiger partial charge in [0, 0.05) is 28.3 Å². The van der Waals surface area contributed by atoms with Gasteiger partial charge >= 0.3 is 0 Å². The minimum absolute atomic E-state index is 0.201. The smallest absolute Gasteiger partial charge is 0.148 e. The van der Waals surface area contributed by atoms with Crippen molar-refractivity contribution in [1.29, 1.82) is 0 Å². The molecule has 0 aliphatic carbocycles. The zero-order valence-corrected chi connectivity index (χ0v) is 13.1. The number of hydrogen-bond acceptors (Lipinski definition) is 5. The lowest BCUT2D eigenvalue weighted by atomic mass is 10.2. The zero-order valence-electron chi connectivity index (χ0n) is 10.7. The van der Waals surface area contributed by atoms with Crippen LogP contribution in [0.25, 0.3) is 0 Å². The quantitative estimate of drug-likeness (QED) is 0.784. The molecule has 0 spiro atoms. The van der Waals surface area contributed by atoms with Crippen molar-refractivity contribution in [3.8, 4) is 0 Å². The van der Waals surface area contributed by atoms with Crippen LogP contribution in [0.4, 0.5) is 0 Å². The largest absolute Gasteiger partial charge is 0.326 e. The van der Waals surface area contributed by atoms with Gasteiger partial charge in [-0.3, -0.25) is 0 Å². The molecule has 0 aromatic heterocycles. The van der Waals surface area contributed by atoms with E-state index in [4.69, 9.17) is 5.73 Å². The third kappa shape index (κ3) is 5.22. The fourth-order valence-corrected chi connectivity index (χ4v) is 4.70. The number of benzene rings is 1. The van der Waals surface area contributed by atoms with Crippen LogP contribution in [0, 0.1) is 0 Å². The molecule has 0 radical (unpaired) electrons. The Morgan fingerprint density at radius 3 is 2.33 bits per heavy atom. The number of thioether (sulfide) groups is 2. The highest BCUT2D eigenvalue weighted by Gasteiger charge is 2.09. The third-order valence-electron chi connectivity index (χ3n) is 2.31. The second-order valence-corrected chi connectivity index (χ2v) is 8.55. The van der Waals surface area contributed by atoms with Crippen LogP contribution >= 0.6 is 23.5 Å². The fraction of sp³-hybridized carbons (Fsp3) is 0.500. The molecule has 0 fully saturated rings. The molecule has 2 N–H and O–H groups in total. The molecule has 6 heteroatoms. The first-order valence-electron chi connectivity index (χ1n) is 5.73. The number of rotatable bonds is 7. The highest BCUT2D eigenvalue weighted by Crippen LogP contribution is 2.31. The summed E-state index contributed by atoms with van der Waals surface area (Å²) < 4.78 is 22.2. The van der Waals surface area contributed by atoms with Crippen LogP contribution < -0.4 is 5.73 Å². The summed E-state index contributed by atoms with van der Waals surface area (Å²) in [6.45, 7) is 2.60. The van der Waals surface area contributed by atoms with Crippen molar-refractivity contribution in [2.45, 2.75) is 23.3 Å². The normalized spacial score (nSPS) is 11.7. The van der Waals surface area contributed by atoms with E-state index in [9.17, 15) is 8.42 Å². The van der Waals surface area contributed by atoms with Gasteiger partial charge in [-0.25, -0.2) is 8.42 Å². The van der Waals surface area contributed by atoms with Crippen LogP contribution in [-0.2, 0) is 16.4 Å². The van der Waals surface area contributed by atoms with Gasteiger partial charge in [0.2, 0.25) is 0 Å². The average Bonchev–Trinajstić information content (AvgIpc) is 2.28. The number of nitrogens with two attached hydrogens (primary N) is 1. The summed E-state index contributed by atoms with van der Waals surface area (Å²) in [5.41, 5.74) is 6.92. The van der Waals surface area contributed by atoms with E-state index in [2.05, 4.69) is 13.0 Å². The SMILES string of the molecule is CCSc1cccc(SCCS(C)(=O)=O)c1CN. The van der Waals surface area contributed by atoms with E-state index in [0.29, 0.717) is 12.3 Å². The maximum Gasteiger partial charge on any atom is 0.148 e. The van der Waals surface area contributed by atoms with Gasteiger partial charge in [0.05, 0.1) is 5.75 Å². The fourth-order valence-electron chi connectivity index (χ4n) is 1.48. The lowest BCUT2D eigenvalue weighted by molar-refractivity contribution is 0.603. The molecule has 0 saturated heterocycles. The van der Waals surface area contributed by atoms with Crippen molar-refractivity contribution < 1.29 is 8.42 Å². The molecule has 0 amide bonds. The Kier molecular flexibility index (Phi) is 6.55. The molecule has 0 aliphatic rings. The number of hydrogen-bond donors (Lipinski definition) is 1. The second kappa shape index (κ2) is 7.43. The molecule has 0 bridgehead atoms. The molecule has 0 unspecified atom stereocenters. The topological polar surface area (TPSA) is 60.2 Å². The van der Waals surface area contributed by atoms with E-state index in [0.717, 1.165) is 16.2 Å². The van der Waals surface area contributed by atoms with Crippen LogP contribution in [0.3, 0.4) is 0 Å². The Morgan fingerprint density at radius 2 is 1.83 bits per heavy atom. The van der Waals surface area contributed by atoms with Crippen LogP contribution in [0.2, 0.25) is 0 Å². The van der Waals surface area contributed by atoms with E-state index in [1.54, 1.807) is 23.5 Å². The van der Waals surface area contributed by atoms with Crippen molar-refractivity contribution in [1.82, 2.24) is 0 Å². The molecule has 1 aromatic carbocycles. The van der Waals surface area contributed by atoms with Crippen LogP contribution in [0.5, 0.6) is 0 Å². The van der Waals surface area contributed by atoms with Crippen molar-refractivity contribution in [3.05, 3.63) is 23.8 Å². The lowest BCUT2D eigenvalue weighted by Crippen LogP contribution is -2.06. The molecular weight excluding hydrogens is 286 g/mol. The Balaban J connectivity index is 2.78. The average molecular weight is 305 g/mol. The first kappa shape index (κ1) is 15.9. The summed E-state index contributed by atoms with van der Waals surface area (Å²) >= 11 is 3.33. The first-order valence-corrected chi connectivity index (χ1v) is 9.76. The summed E-state index contributed by atoms with van der Waals surface area (Å²) in [5.74, 6) is 1.78. The summed E-state index contributed by atoms with van der Waals surface area (Å²) in [4.78, 5) is 2.30. The maximum atomic E-state index is 11.1. The van der Waals surface area contributed by atoms with E-state index in [1.807, 2.05) is 12.1 Å². The molecule has 1 rings (SSSR count). The van der Waals surface area contributed by atoms with Crippen LogP contribution in [-0.4, -0.2) is 31.9 Å². The lowest BCUT2D eigenvalue weighted by Gasteiger charge is -2.11. The van der Waals surface area contributed by atoms with Crippen molar-refractivity contribution in [2.24, 2.45) is 5.73 Å². The van der Waals surface area contributed by atoms with Gasteiger partial charge in [0.25, 0.3) is 0 Å². The third-order valence-corrected chi connectivity index (χ3v) is 5.59. The maximum absolute atomic E-state index is 11.1. The summed E-state index contributed by atoms with van der Waals surface area (Å²) in [5, 5.41) is 0. The van der Waals surface area contributed by atoms with Crippen LogP contribution in [0.15, 0.2) is 28.0 Å². The summed E-state index contributed by atoms with van der Waals surface area (Å²) in [6, 6.07) is 6.08. The second-order valence-electron chi connectivity index (χ2n) is 3.85. The van der Waals surface area contributed by atoms with Crippen LogP contribution in [0.1, 0.15) is 12.5 Å². The molecule has 18 heavy (non-hydrogen) atoms. The van der Waals surface area contributed by atoms with Gasteiger partial charge in [-0.15, -0.1) is 23.5 Å². The Bertz CT molecular complexity index is 486. The molecule has 0 saturated carbocycles. The summed E-state index contributed by atoms with van der Waals surface area (Å²) in [6.07, 6.45) is 1.26. The monoisotopic (exact) mass is 305 g/mol. The molecule has 102 valence electrons. The molecule has 0 heterocycles. The molecular formula is C12H19NO2S3. The Hall–Kier alpha value is -0.170. The molecule has 0 atom stereocenters. The van der Waals surface area contributed by atoms with Crippen molar-refractivity contribution in [3.63, 3.8) is 0 Å². The van der Waals surface area contributed by atoms with E-state index < -0.39 is 9.84 Å². The summed E-state index contributed by atoms with van der Waals surface area (Å²) in [7, 11) is -2.89. The van der Waals surface area contributed by atoms with Gasteiger partial charge in [-0.2, -0.15) is 0 Å². The molecule has 1 aromatic rings. The van der Waals surface area contributed by atoms with Gasteiger partial charge in [-0.1, -0.05) is 13.0 Å². The van der Waals surface area contributed by atoms with Gasteiger partial charge in [0.1, 0.15) is 9.84 Å². The zero-order chi connectivity index (χ0) is 13.6. The Morgan fingerprint density at radius 1 is 1.22 bits per heavy atom. The van der Waals surface area contributed by atoms with E-state index >= 15 is 0 Å². The highest BCUT2D eigenvalue weighted by molar-refractivity contribution is 8.01. The van der Waals surface area contributed by atoms with Gasteiger partial charge in [-0.05, 0) is 23.4 Å². The van der Waals surface area contributed by atoms with Gasteiger partial charge in [0.15, 0.2) is 0 Å². The van der Waals surface area contributed by atoms with Crippen molar-refractivity contribution >= 4 is 33.4 Å². The standard InChI is InChI=1S/C12H19NO2S3/c1-3-16-11-5-4-6-12(10(11)9-13)17-7-8-18(2,14)15/h4-6H,3,7-9,13H2,1-2H3. The number of sulfone groups is 1. The molecule has 3 nitrogen and oxygen atoms in total. The highest BCUT2D eigenvalue weighted by atomic mass is 32.2. The van der Waals surface area contributed by atoms with Gasteiger partial charge < -0.3 is 5.73 Å². The van der Waals surface area contributed by atoms with E-state index in [1.165, 1.54) is 11.2 Å². The van der Waals surface area contributed by atoms with Crippen molar-refractivity contribution in [2.75, 3.05) is 23.5 Å². The predicted octanol–water partition coefficient (Wildman–Crippen LogP) is 2.39.